The van der Waals surface area contributed by atoms with Gasteiger partial charge in [-0.05, 0) is 64.0 Å². The summed E-state index contributed by atoms with van der Waals surface area (Å²) in [6.07, 6.45) is 1.61. The summed E-state index contributed by atoms with van der Waals surface area (Å²) in [5, 5.41) is 11.0. The number of methoxy groups -OCH3 is 1. The minimum absolute atomic E-state index is 0.275. The van der Waals surface area contributed by atoms with Crippen LogP contribution in [-0.4, -0.2) is 28.2 Å². The van der Waals surface area contributed by atoms with Crippen LogP contribution < -0.4 is 4.74 Å². The molecule has 5 nitrogen and oxygen atoms in total. The van der Waals surface area contributed by atoms with Crippen LogP contribution in [0.5, 0.6) is 5.75 Å². The van der Waals surface area contributed by atoms with Crippen LogP contribution in [-0.2, 0) is 0 Å². The highest BCUT2D eigenvalue weighted by Gasteiger charge is 2.12. The first-order chi connectivity index (χ1) is 11.6. The van der Waals surface area contributed by atoms with Crippen LogP contribution in [0.15, 0.2) is 52.0 Å². The molecule has 0 radical (unpaired) electrons. The third kappa shape index (κ3) is 3.29. The van der Waals surface area contributed by atoms with Crippen molar-refractivity contribution in [2.75, 3.05) is 7.11 Å². The Labute approximate surface area is 150 Å². The molecule has 3 aromatic rings. The van der Waals surface area contributed by atoms with E-state index >= 15 is 0 Å². The van der Waals surface area contributed by atoms with Gasteiger partial charge in [0.25, 0.3) is 0 Å². The second-order valence-electron chi connectivity index (χ2n) is 4.78. The average Bonchev–Trinajstić information content (AvgIpc) is 2.94. The standard InChI is InChI=1S/C16H12BrFN4OS/c1-23-14-7-6-10(8-12(14)17)9-19-22-15(20-21-16(22)24)11-4-2-3-5-13(11)18/h2-9H,1H3,(H,21,24)/b19-9+. The molecule has 0 saturated carbocycles. The van der Waals surface area contributed by atoms with Gasteiger partial charge in [-0.25, -0.2) is 9.49 Å². The zero-order valence-corrected chi connectivity index (χ0v) is 14.9. The van der Waals surface area contributed by atoms with Gasteiger partial charge in [0.2, 0.25) is 4.77 Å². The molecule has 0 atom stereocenters. The van der Waals surface area contributed by atoms with Gasteiger partial charge in [-0.1, -0.05) is 12.1 Å². The smallest absolute Gasteiger partial charge is 0.216 e. The number of nitrogens with zero attached hydrogens (tertiary/aromatic N) is 3. The molecule has 0 aliphatic rings. The van der Waals surface area contributed by atoms with E-state index in [1.165, 1.54) is 10.7 Å². The number of ether oxygens (including phenoxy) is 1. The second-order valence-corrected chi connectivity index (χ2v) is 6.02. The molecule has 122 valence electrons. The molecule has 1 heterocycles. The molecule has 0 bridgehead atoms. The monoisotopic (exact) mass is 406 g/mol. The fourth-order valence-corrected chi connectivity index (χ4v) is 2.84. The summed E-state index contributed by atoms with van der Waals surface area (Å²) in [5.41, 5.74) is 1.14. The summed E-state index contributed by atoms with van der Waals surface area (Å²) in [6, 6.07) is 11.8. The van der Waals surface area contributed by atoms with Gasteiger partial charge >= 0.3 is 0 Å². The molecule has 8 heteroatoms. The van der Waals surface area contributed by atoms with Gasteiger partial charge in [-0.15, -0.1) is 0 Å². The maximum Gasteiger partial charge on any atom is 0.216 e. The maximum atomic E-state index is 14.0. The predicted octanol–water partition coefficient (Wildman–Crippen LogP) is 4.40. The molecule has 0 spiro atoms. The minimum atomic E-state index is -0.393. The van der Waals surface area contributed by atoms with E-state index in [-0.39, 0.29) is 4.77 Å². The van der Waals surface area contributed by atoms with Crippen LogP contribution >= 0.6 is 28.1 Å². The van der Waals surface area contributed by atoms with E-state index in [1.54, 1.807) is 31.5 Å². The molecular formula is C16H12BrFN4OS. The number of nitrogens with one attached hydrogen (secondary N) is 1. The molecule has 0 unspecified atom stereocenters. The number of aromatic nitrogens is 3. The molecular weight excluding hydrogens is 395 g/mol. The van der Waals surface area contributed by atoms with Crippen molar-refractivity contribution < 1.29 is 9.13 Å². The first-order valence-corrected chi connectivity index (χ1v) is 8.10. The number of hydrogen-bond acceptors (Lipinski definition) is 4. The van der Waals surface area contributed by atoms with E-state index in [2.05, 4.69) is 31.2 Å². The zero-order chi connectivity index (χ0) is 17.1. The van der Waals surface area contributed by atoms with Gasteiger partial charge in [-0.3, -0.25) is 0 Å². The first kappa shape index (κ1) is 16.5. The second kappa shape index (κ2) is 7.06. The lowest BCUT2D eigenvalue weighted by Gasteiger charge is -2.04. The SMILES string of the molecule is COc1ccc(/C=N/n2c(-c3ccccc3F)n[nH]c2=S)cc1Br. The van der Waals surface area contributed by atoms with Crippen LogP contribution in [0.2, 0.25) is 0 Å². The number of benzene rings is 2. The Hall–Kier alpha value is -2.32. The van der Waals surface area contributed by atoms with Crippen molar-refractivity contribution in [1.29, 1.82) is 0 Å². The van der Waals surface area contributed by atoms with Crippen molar-refractivity contribution in [2.45, 2.75) is 0 Å². The Bertz CT molecular complexity index is 967. The number of aromatic amines is 1. The maximum absolute atomic E-state index is 14.0. The Morgan fingerprint density at radius 1 is 1.33 bits per heavy atom. The molecule has 1 N–H and O–H groups in total. The molecule has 0 aliphatic heterocycles. The van der Waals surface area contributed by atoms with E-state index in [9.17, 15) is 4.39 Å². The van der Waals surface area contributed by atoms with Gasteiger partial charge in [0.15, 0.2) is 5.82 Å². The molecule has 0 amide bonds. The van der Waals surface area contributed by atoms with Gasteiger partial charge in [0.1, 0.15) is 11.6 Å². The fraction of sp³-hybridized carbons (Fsp3) is 0.0625. The molecule has 0 fully saturated rings. The lowest BCUT2D eigenvalue weighted by atomic mass is 10.2. The molecule has 3 rings (SSSR count). The summed E-state index contributed by atoms with van der Waals surface area (Å²) >= 11 is 8.60. The van der Waals surface area contributed by atoms with E-state index in [0.717, 1.165) is 15.8 Å². The third-order valence-corrected chi connectivity index (χ3v) is 4.15. The minimum Gasteiger partial charge on any atom is -0.496 e. The third-order valence-electron chi connectivity index (χ3n) is 3.26. The first-order valence-electron chi connectivity index (χ1n) is 6.90. The summed E-state index contributed by atoms with van der Waals surface area (Å²) in [5.74, 6) is 0.635. The molecule has 24 heavy (non-hydrogen) atoms. The zero-order valence-electron chi connectivity index (χ0n) is 12.5. The van der Waals surface area contributed by atoms with Gasteiger partial charge in [0, 0.05) is 0 Å². The average molecular weight is 407 g/mol. The van der Waals surface area contributed by atoms with E-state index < -0.39 is 5.82 Å². The van der Waals surface area contributed by atoms with Crippen molar-refractivity contribution in [3.63, 3.8) is 0 Å². The van der Waals surface area contributed by atoms with Crippen LogP contribution in [0.4, 0.5) is 4.39 Å². The van der Waals surface area contributed by atoms with Crippen molar-refractivity contribution in [2.24, 2.45) is 5.10 Å². The van der Waals surface area contributed by atoms with E-state index in [1.807, 2.05) is 18.2 Å². The van der Waals surface area contributed by atoms with Crippen molar-refractivity contribution in [3.05, 3.63) is 63.1 Å². The number of H-pyrrole nitrogens is 1. The number of rotatable bonds is 4. The van der Waals surface area contributed by atoms with Gasteiger partial charge in [0.05, 0.1) is 23.4 Å². The highest BCUT2D eigenvalue weighted by molar-refractivity contribution is 9.10. The molecule has 2 aromatic carbocycles. The lowest BCUT2D eigenvalue weighted by Crippen LogP contribution is -1.97. The van der Waals surface area contributed by atoms with Gasteiger partial charge in [-0.2, -0.15) is 14.9 Å². The molecule has 0 aliphatic carbocycles. The van der Waals surface area contributed by atoms with Crippen LogP contribution in [0.1, 0.15) is 5.56 Å². The summed E-state index contributed by atoms with van der Waals surface area (Å²) in [4.78, 5) is 0. The fourth-order valence-electron chi connectivity index (χ4n) is 2.10. The predicted molar refractivity (Wildman–Crippen MR) is 96.5 cm³/mol. The number of hydrogen-bond donors (Lipinski definition) is 1. The Morgan fingerprint density at radius 2 is 2.12 bits per heavy atom. The number of halogens is 2. The van der Waals surface area contributed by atoms with Crippen LogP contribution in [0, 0.1) is 10.6 Å². The Morgan fingerprint density at radius 3 is 2.83 bits per heavy atom. The van der Waals surface area contributed by atoms with Crippen LogP contribution in [0.3, 0.4) is 0 Å². The Balaban J connectivity index is 1.99. The summed E-state index contributed by atoms with van der Waals surface area (Å²) < 4.78 is 21.6. The highest BCUT2D eigenvalue weighted by atomic mass is 79.9. The quantitative estimate of drug-likeness (QED) is 0.515. The summed E-state index contributed by atoms with van der Waals surface area (Å²) in [7, 11) is 1.60. The van der Waals surface area contributed by atoms with Crippen LogP contribution in [0.25, 0.3) is 11.4 Å². The highest BCUT2D eigenvalue weighted by Crippen LogP contribution is 2.25. The normalized spacial score (nSPS) is 11.1. The van der Waals surface area contributed by atoms with E-state index in [0.29, 0.717) is 11.4 Å². The molecule has 1 aromatic heterocycles. The van der Waals surface area contributed by atoms with Gasteiger partial charge < -0.3 is 4.74 Å². The van der Waals surface area contributed by atoms with Crippen molar-refractivity contribution in [1.82, 2.24) is 14.9 Å². The van der Waals surface area contributed by atoms with Crippen molar-refractivity contribution >= 4 is 34.4 Å². The molecule has 0 saturated heterocycles. The lowest BCUT2D eigenvalue weighted by molar-refractivity contribution is 0.412. The largest absolute Gasteiger partial charge is 0.496 e. The summed E-state index contributed by atoms with van der Waals surface area (Å²) in [6.45, 7) is 0. The topological polar surface area (TPSA) is 55.2 Å². The van der Waals surface area contributed by atoms with E-state index in [4.69, 9.17) is 17.0 Å². The van der Waals surface area contributed by atoms with Crippen molar-refractivity contribution in [3.8, 4) is 17.1 Å². The Kier molecular flexibility index (Phi) is 4.86.